The van der Waals surface area contributed by atoms with E-state index >= 15 is 0 Å². The van der Waals surface area contributed by atoms with E-state index in [-0.39, 0.29) is 25.0 Å². The molecule has 2 N–H and O–H groups in total. The maximum atomic E-state index is 9.19. The Balaban J connectivity index is 2.75. The molecule has 78 valence electrons. The van der Waals surface area contributed by atoms with E-state index in [4.69, 9.17) is 14.6 Å². The van der Waals surface area contributed by atoms with Gasteiger partial charge in [-0.3, -0.25) is 0 Å². The number of ether oxygens (including phenoxy) is 2. The van der Waals surface area contributed by atoms with E-state index in [1.165, 1.54) is 0 Å². The Morgan fingerprint density at radius 2 is 1.85 bits per heavy atom. The third-order valence-electron chi connectivity index (χ3n) is 3.12. The van der Waals surface area contributed by atoms with Crippen molar-refractivity contribution >= 4 is 0 Å². The summed E-state index contributed by atoms with van der Waals surface area (Å²) in [5, 5.41) is 18.3. The number of hydrogen-bond acceptors (Lipinski definition) is 4. The van der Waals surface area contributed by atoms with Crippen LogP contribution in [0, 0.1) is 11.8 Å². The summed E-state index contributed by atoms with van der Waals surface area (Å²) in [4.78, 5) is 0. The molecule has 0 aliphatic heterocycles. The van der Waals surface area contributed by atoms with E-state index in [0.717, 1.165) is 12.8 Å². The molecule has 0 spiro atoms. The van der Waals surface area contributed by atoms with Crippen LogP contribution in [0.4, 0.5) is 0 Å². The Morgan fingerprint density at radius 1 is 1.23 bits per heavy atom. The van der Waals surface area contributed by atoms with Crippen molar-refractivity contribution in [2.24, 2.45) is 11.8 Å². The van der Waals surface area contributed by atoms with Crippen LogP contribution in [0.1, 0.15) is 12.8 Å². The molecule has 2 atom stereocenters. The van der Waals surface area contributed by atoms with E-state index in [1.54, 1.807) is 14.2 Å². The van der Waals surface area contributed by atoms with Gasteiger partial charge in [0.2, 0.25) is 0 Å². The molecule has 0 heterocycles. The van der Waals surface area contributed by atoms with Crippen molar-refractivity contribution in [2.75, 3.05) is 27.4 Å². The van der Waals surface area contributed by atoms with Gasteiger partial charge in [0.15, 0.2) is 5.79 Å². The number of methoxy groups -OCH3 is 2. The largest absolute Gasteiger partial charge is 0.396 e. The summed E-state index contributed by atoms with van der Waals surface area (Å²) in [6.07, 6.45) is 1.57. The number of aliphatic hydroxyl groups excluding tert-OH is 2. The molecular weight excluding hydrogens is 172 g/mol. The van der Waals surface area contributed by atoms with Crippen molar-refractivity contribution in [1.29, 1.82) is 0 Å². The van der Waals surface area contributed by atoms with Crippen molar-refractivity contribution < 1.29 is 19.7 Å². The number of rotatable bonds is 4. The fraction of sp³-hybridized carbons (Fsp3) is 1.00. The van der Waals surface area contributed by atoms with Crippen LogP contribution >= 0.6 is 0 Å². The van der Waals surface area contributed by atoms with Crippen molar-refractivity contribution in [3.63, 3.8) is 0 Å². The van der Waals surface area contributed by atoms with E-state index in [9.17, 15) is 5.11 Å². The van der Waals surface area contributed by atoms with Gasteiger partial charge in [0.25, 0.3) is 0 Å². The predicted molar refractivity (Wildman–Crippen MR) is 47.1 cm³/mol. The van der Waals surface area contributed by atoms with Gasteiger partial charge in [-0.2, -0.15) is 0 Å². The molecule has 1 aliphatic carbocycles. The SMILES string of the molecule is COC1(OC)CC[C@H](CO)[C@H]1CO. The molecule has 13 heavy (non-hydrogen) atoms. The highest BCUT2D eigenvalue weighted by Crippen LogP contribution is 2.42. The number of hydrogen-bond donors (Lipinski definition) is 2. The molecule has 4 nitrogen and oxygen atoms in total. The quantitative estimate of drug-likeness (QED) is 0.612. The van der Waals surface area contributed by atoms with Gasteiger partial charge < -0.3 is 19.7 Å². The third kappa shape index (κ3) is 1.72. The lowest BCUT2D eigenvalue weighted by molar-refractivity contribution is -0.238. The molecule has 0 radical (unpaired) electrons. The average Bonchev–Trinajstić information content (AvgIpc) is 2.55. The Hall–Kier alpha value is -0.160. The minimum absolute atomic E-state index is 0.00704. The second-order valence-electron chi connectivity index (χ2n) is 3.49. The molecule has 1 fully saturated rings. The second-order valence-corrected chi connectivity index (χ2v) is 3.49. The fourth-order valence-electron chi connectivity index (χ4n) is 2.23. The summed E-state index contributed by atoms with van der Waals surface area (Å²) < 4.78 is 10.6. The minimum Gasteiger partial charge on any atom is -0.396 e. The zero-order valence-electron chi connectivity index (χ0n) is 8.19. The first-order valence-electron chi connectivity index (χ1n) is 4.56. The molecular formula is C9H18O4. The lowest BCUT2D eigenvalue weighted by Gasteiger charge is -2.33. The van der Waals surface area contributed by atoms with Gasteiger partial charge in [0, 0.05) is 33.2 Å². The number of aliphatic hydroxyl groups is 2. The maximum absolute atomic E-state index is 9.19. The van der Waals surface area contributed by atoms with E-state index < -0.39 is 5.79 Å². The molecule has 0 amide bonds. The summed E-state index contributed by atoms with van der Waals surface area (Å²) >= 11 is 0. The van der Waals surface area contributed by atoms with Crippen LogP contribution in [-0.2, 0) is 9.47 Å². The summed E-state index contributed by atoms with van der Waals surface area (Å²) in [5.74, 6) is -0.723. The summed E-state index contributed by atoms with van der Waals surface area (Å²) in [7, 11) is 3.15. The Morgan fingerprint density at radius 3 is 2.23 bits per heavy atom. The first-order chi connectivity index (χ1) is 6.24. The highest BCUT2D eigenvalue weighted by Gasteiger charge is 2.48. The van der Waals surface area contributed by atoms with Gasteiger partial charge in [-0.05, 0) is 12.3 Å². The van der Waals surface area contributed by atoms with Gasteiger partial charge in [0.05, 0.1) is 6.61 Å². The molecule has 4 heteroatoms. The molecule has 1 rings (SSSR count). The van der Waals surface area contributed by atoms with Gasteiger partial charge in [-0.1, -0.05) is 0 Å². The topological polar surface area (TPSA) is 58.9 Å². The highest BCUT2D eigenvalue weighted by atomic mass is 16.7. The molecule has 0 aromatic rings. The van der Waals surface area contributed by atoms with E-state index in [2.05, 4.69) is 0 Å². The Labute approximate surface area is 78.5 Å². The molecule has 0 unspecified atom stereocenters. The first kappa shape index (κ1) is 10.9. The van der Waals surface area contributed by atoms with Crippen LogP contribution in [0.25, 0.3) is 0 Å². The van der Waals surface area contributed by atoms with Crippen molar-refractivity contribution in [3.8, 4) is 0 Å². The van der Waals surface area contributed by atoms with Crippen LogP contribution < -0.4 is 0 Å². The van der Waals surface area contributed by atoms with Crippen molar-refractivity contribution in [2.45, 2.75) is 18.6 Å². The smallest absolute Gasteiger partial charge is 0.172 e. The average molecular weight is 190 g/mol. The summed E-state index contributed by atoms with van der Waals surface area (Å²) in [6, 6.07) is 0. The van der Waals surface area contributed by atoms with Crippen molar-refractivity contribution in [3.05, 3.63) is 0 Å². The maximum Gasteiger partial charge on any atom is 0.172 e. The normalized spacial score (nSPS) is 32.3. The van der Waals surface area contributed by atoms with Gasteiger partial charge >= 0.3 is 0 Å². The van der Waals surface area contributed by atoms with E-state index in [0.29, 0.717) is 0 Å². The molecule has 0 aromatic carbocycles. The Bertz CT molecular complexity index is 156. The monoisotopic (exact) mass is 190 g/mol. The van der Waals surface area contributed by atoms with Crippen LogP contribution in [0.2, 0.25) is 0 Å². The van der Waals surface area contributed by atoms with Crippen LogP contribution in [-0.4, -0.2) is 43.4 Å². The molecule has 1 aliphatic rings. The standard InChI is InChI=1S/C9H18O4/c1-12-9(13-2)4-3-7(5-10)8(9)6-11/h7-8,10-11H,3-6H2,1-2H3/t7-,8-/m1/s1. The second kappa shape index (κ2) is 4.37. The lowest BCUT2D eigenvalue weighted by Crippen LogP contribution is -2.42. The molecule has 1 saturated carbocycles. The summed E-state index contributed by atoms with van der Waals surface area (Å²) in [5.41, 5.74) is 0. The van der Waals surface area contributed by atoms with E-state index in [1.807, 2.05) is 0 Å². The fourth-order valence-corrected chi connectivity index (χ4v) is 2.23. The zero-order chi connectivity index (χ0) is 9.90. The third-order valence-corrected chi connectivity index (χ3v) is 3.12. The Kier molecular flexibility index (Phi) is 3.67. The van der Waals surface area contributed by atoms with Crippen LogP contribution in [0.5, 0.6) is 0 Å². The predicted octanol–water partition coefficient (Wildman–Crippen LogP) is -0.0137. The van der Waals surface area contributed by atoms with Gasteiger partial charge in [-0.15, -0.1) is 0 Å². The van der Waals surface area contributed by atoms with Crippen LogP contribution in [0.15, 0.2) is 0 Å². The lowest BCUT2D eigenvalue weighted by atomic mass is 9.94. The molecule has 0 saturated heterocycles. The van der Waals surface area contributed by atoms with Crippen LogP contribution in [0.3, 0.4) is 0 Å². The minimum atomic E-state index is -0.692. The first-order valence-corrected chi connectivity index (χ1v) is 4.56. The molecule has 0 bridgehead atoms. The zero-order valence-corrected chi connectivity index (χ0v) is 8.19. The van der Waals surface area contributed by atoms with Gasteiger partial charge in [-0.25, -0.2) is 0 Å². The molecule has 0 aromatic heterocycles. The highest BCUT2D eigenvalue weighted by molar-refractivity contribution is 4.91. The van der Waals surface area contributed by atoms with Crippen molar-refractivity contribution in [1.82, 2.24) is 0 Å². The summed E-state index contributed by atoms with van der Waals surface area (Å²) in [6.45, 7) is 0.0760. The van der Waals surface area contributed by atoms with Gasteiger partial charge in [0.1, 0.15) is 0 Å².